The third kappa shape index (κ3) is 4.56. The van der Waals surface area contributed by atoms with Crippen LogP contribution in [0.2, 0.25) is 0 Å². The fourth-order valence-corrected chi connectivity index (χ4v) is 5.40. The first-order chi connectivity index (χ1) is 14.2. The van der Waals surface area contributed by atoms with Crippen molar-refractivity contribution in [1.29, 1.82) is 0 Å². The fraction of sp³-hybridized carbons (Fsp3) is 0.100. The van der Waals surface area contributed by atoms with Crippen molar-refractivity contribution >= 4 is 38.2 Å². The molecule has 0 unspecified atom stereocenters. The Kier molecular flexibility index (Phi) is 6.30. The Hall–Kier alpha value is -3.08. The van der Waals surface area contributed by atoms with Gasteiger partial charge < -0.3 is 11.1 Å². The number of sulfonamides is 1. The Morgan fingerprint density at radius 2 is 1.70 bits per heavy atom. The van der Waals surface area contributed by atoms with Crippen molar-refractivity contribution < 1.29 is 22.4 Å². The maximum absolute atomic E-state index is 13.9. The molecule has 0 saturated carbocycles. The highest BCUT2D eigenvalue weighted by Gasteiger charge is 2.27. The number of hydrogen-bond donors (Lipinski definition) is 2. The van der Waals surface area contributed by atoms with Crippen LogP contribution in [0.25, 0.3) is 0 Å². The lowest BCUT2D eigenvalue weighted by Gasteiger charge is -2.16. The normalized spacial score (nSPS) is 11.4. The molecule has 0 aliphatic rings. The summed E-state index contributed by atoms with van der Waals surface area (Å²) in [6.45, 7) is 0.115. The summed E-state index contributed by atoms with van der Waals surface area (Å²) in [4.78, 5) is 24.2. The molecule has 0 aliphatic carbocycles. The average Bonchev–Trinajstić information content (AvgIpc) is 3.14. The largest absolute Gasteiger partial charge is 0.366 e. The van der Waals surface area contributed by atoms with Crippen LogP contribution in [-0.4, -0.2) is 31.6 Å². The van der Waals surface area contributed by atoms with Crippen molar-refractivity contribution in [3.8, 4) is 0 Å². The molecular weight excluding hydrogens is 429 g/mol. The van der Waals surface area contributed by atoms with E-state index in [1.807, 2.05) is 6.07 Å². The van der Waals surface area contributed by atoms with Crippen LogP contribution in [0.15, 0.2) is 64.9 Å². The van der Waals surface area contributed by atoms with Gasteiger partial charge in [0, 0.05) is 13.6 Å². The van der Waals surface area contributed by atoms with Crippen LogP contribution in [0.5, 0.6) is 0 Å². The van der Waals surface area contributed by atoms with Crippen molar-refractivity contribution in [2.45, 2.75) is 10.8 Å². The summed E-state index contributed by atoms with van der Waals surface area (Å²) in [6.07, 6.45) is 0. The van der Waals surface area contributed by atoms with Gasteiger partial charge in [-0.1, -0.05) is 42.5 Å². The molecule has 0 bridgehead atoms. The molecule has 3 N–H and O–H groups in total. The quantitative estimate of drug-likeness (QED) is 0.580. The first-order valence-corrected chi connectivity index (χ1v) is 11.0. The summed E-state index contributed by atoms with van der Waals surface area (Å²) in [5, 5.41) is 2.32. The second-order valence-electron chi connectivity index (χ2n) is 6.35. The van der Waals surface area contributed by atoms with Gasteiger partial charge in [-0.25, -0.2) is 12.8 Å². The van der Waals surface area contributed by atoms with E-state index in [2.05, 4.69) is 5.32 Å². The number of rotatable bonds is 7. The Bertz CT molecular complexity index is 1190. The molecule has 0 aliphatic heterocycles. The van der Waals surface area contributed by atoms with E-state index in [1.165, 1.54) is 25.2 Å². The molecule has 0 atom stereocenters. The highest BCUT2D eigenvalue weighted by Crippen LogP contribution is 2.33. The van der Waals surface area contributed by atoms with Crippen molar-refractivity contribution in [1.82, 2.24) is 4.31 Å². The third-order valence-corrected chi connectivity index (χ3v) is 7.54. The predicted octanol–water partition coefficient (Wildman–Crippen LogP) is 3.06. The molecule has 0 saturated heterocycles. The molecule has 30 heavy (non-hydrogen) atoms. The van der Waals surface area contributed by atoms with Crippen molar-refractivity contribution in [2.24, 2.45) is 5.73 Å². The number of halogens is 1. The van der Waals surface area contributed by atoms with Gasteiger partial charge in [-0.2, -0.15) is 4.31 Å². The molecule has 156 valence electrons. The first kappa shape index (κ1) is 21.6. The SMILES string of the molecule is CN(Cc1ccccc1)S(=O)(=O)c1cc(C(N)=O)c(NC(=O)c2ccccc2F)s1. The monoisotopic (exact) mass is 447 g/mol. The first-order valence-electron chi connectivity index (χ1n) is 8.70. The van der Waals surface area contributed by atoms with Gasteiger partial charge in [-0.3, -0.25) is 9.59 Å². The summed E-state index contributed by atoms with van der Waals surface area (Å²) in [6, 6.07) is 15.4. The molecule has 10 heteroatoms. The second-order valence-corrected chi connectivity index (χ2v) is 9.68. The van der Waals surface area contributed by atoms with Gasteiger partial charge in [0.1, 0.15) is 15.0 Å². The molecule has 3 rings (SSSR count). The van der Waals surface area contributed by atoms with Gasteiger partial charge in [0.15, 0.2) is 0 Å². The van der Waals surface area contributed by atoms with Gasteiger partial charge in [-0.05, 0) is 23.8 Å². The Labute approximate surface area is 177 Å². The zero-order valence-electron chi connectivity index (χ0n) is 15.8. The number of amides is 2. The van der Waals surface area contributed by atoms with E-state index >= 15 is 0 Å². The minimum Gasteiger partial charge on any atom is -0.366 e. The molecule has 1 aromatic heterocycles. The minimum absolute atomic E-state index is 0.0672. The second kappa shape index (κ2) is 8.74. The van der Waals surface area contributed by atoms with Gasteiger partial charge in [0.25, 0.3) is 21.8 Å². The third-order valence-electron chi connectivity index (χ3n) is 4.23. The number of nitrogens with zero attached hydrogens (tertiary/aromatic N) is 1. The number of thiophene rings is 1. The van der Waals surface area contributed by atoms with Crippen LogP contribution in [0.4, 0.5) is 9.39 Å². The summed E-state index contributed by atoms with van der Waals surface area (Å²) in [5.41, 5.74) is 5.72. The number of benzene rings is 2. The topological polar surface area (TPSA) is 110 Å². The smallest absolute Gasteiger partial charge is 0.259 e. The van der Waals surface area contributed by atoms with Crippen LogP contribution >= 0.6 is 11.3 Å². The van der Waals surface area contributed by atoms with E-state index in [9.17, 15) is 22.4 Å². The number of nitrogens with one attached hydrogen (secondary N) is 1. The number of primary amides is 1. The lowest BCUT2D eigenvalue weighted by atomic mass is 10.2. The highest BCUT2D eigenvalue weighted by molar-refractivity contribution is 7.91. The Morgan fingerprint density at radius 3 is 2.33 bits per heavy atom. The maximum atomic E-state index is 13.9. The fourth-order valence-electron chi connectivity index (χ4n) is 2.67. The molecular formula is C20H18FN3O4S2. The molecule has 0 fully saturated rings. The molecule has 3 aromatic rings. The zero-order valence-corrected chi connectivity index (χ0v) is 17.5. The zero-order chi connectivity index (χ0) is 21.9. The number of carbonyl (C=O) groups excluding carboxylic acids is 2. The molecule has 0 radical (unpaired) electrons. The summed E-state index contributed by atoms with van der Waals surface area (Å²) < 4.78 is 40.7. The van der Waals surface area contributed by atoms with Crippen LogP contribution in [0, 0.1) is 5.82 Å². The maximum Gasteiger partial charge on any atom is 0.259 e. The van der Waals surface area contributed by atoms with Crippen LogP contribution in [-0.2, 0) is 16.6 Å². The Balaban J connectivity index is 1.90. The van der Waals surface area contributed by atoms with Crippen LogP contribution < -0.4 is 11.1 Å². The number of hydrogen-bond acceptors (Lipinski definition) is 5. The summed E-state index contributed by atoms with van der Waals surface area (Å²) >= 11 is 0.678. The van der Waals surface area contributed by atoms with E-state index < -0.39 is 27.7 Å². The van der Waals surface area contributed by atoms with Gasteiger partial charge in [-0.15, -0.1) is 11.3 Å². The minimum atomic E-state index is -3.96. The average molecular weight is 448 g/mol. The number of anilines is 1. The van der Waals surface area contributed by atoms with Gasteiger partial charge in [0.2, 0.25) is 0 Å². The van der Waals surface area contributed by atoms with E-state index in [4.69, 9.17) is 5.73 Å². The molecule has 7 nitrogen and oxygen atoms in total. The van der Waals surface area contributed by atoms with Gasteiger partial charge >= 0.3 is 0 Å². The van der Waals surface area contributed by atoms with Gasteiger partial charge in [0.05, 0.1) is 11.1 Å². The van der Waals surface area contributed by atoms with Crippen LogP contribution in [0.1, 0.15) is 26.3 Å². The van der Waals surface area contributed by atoms with Crippen molar-refractivity contribution in [3.05, 3.63) is 83.2 Å². The Morgan fingerprint density at radius 1 is 1.07 bits per heavy atom. The van der Waals surface area contributed by atoms with E-state index in [1.54, 1.807) is 24.3 Å². The number of carbonyl (C=O) groups is 2. The van der Waals surface area contributed by atoms with Crippen molar-refractivity contribution in [3.63, 3.8) is 0 Å². The van der Waals surface area contributed by atoms with E-state index in [-0.39, 0.29) is 26.9 Å². The van der Waals surface area contributed by atoms with Crippen LogP contribution in [0.3, 0.4) is 0 Å². The highest BCUT2D eigenvalue weighted by atomic mass is 32.2. The van der Waals surface area contributed by atoms with Crippen molar-refractivity contribution in [2.75, 3.05) is 12.4 Å². The molecule has 1 heterocycles. The summed E-state index contributed by atoms with van der Waals surface area (Å²) in [7, 11) is -2.56. The molecule has 2 aromatic carbocycles. The van der Waals surface area contributed by atoms with E-state index in [0.717, 1.165) is 22.0 Å². The predicted molar refractivity (Wildman–Crippen MR) is 112 cm³/mol. The number of nitrogens with two attached hydrogens (primary N) is 1. The molecule has 0 spiro atoms. The van der Waals surface area contributed by atoms with E-state index in [0.29, 0.717) is 11.3 Å². The standard InChI is InChI=1S/C20H18FN3O4S2/c1-24(12-13-7-3-2-4-8-13)30(27,28)17-11-15(18(22)25)20(29-17)23-19(26)14-9-5-6-10-16(14)21/h2-11H,12H2,1H3,(H2,22,25)(H,23,26). The lowest BCUT2D eigenvalue weighted by Crippen LogP contribution is -2.25. The summed E-state index contributed by atoms with van der Waals surface area (Å²) in [5.74, 6) is -2.48. The molecule has 2 amide bonds. The lowest BCUT2D eigenvalue weighted by molar-refractivity contribution is 0.100.